The van der Waals surface area contributed by atoms with E-state index < -0.39 is 0 Å². The molecule has 0 heterocycles. The molecule has 0 bridgehead atoms. The summed E-state index contributed by atoms with van der Waals surface area (Å²) >= 11 is 0. The molecule has 1 aromatic rings. The van der Waals surface area contributed by atoms with E-state index in [0.29, 0.717) is 11.4 Å². The maximum Gasteiger partial charge on any atom is 0.248 e. The molecule has 2 N–H and O–H groups in total. The van der Waals surface area contributed by atoms with Crippen molar-refractivity contribution < 1.29 is 9.59 Å². The van der Waals surface area contributed by atoms with Crippen LogP contribution < -0.4 is 10.6 Å². The number of rotatable bonds is 4. The summed E-state index contributed by atoms with van der Waals surface area (Å²) in [5.41, 5.74) is 2.27. The number of carbonyl (C=O) groups is 2. The van der Waals surface area contributed by atoms with Crippen molar-refractivity contribution in [3.63, 3.8) is 0 Å². The standard InChI is InChI=1S/C15H18N2O2/c1-4-5-6-7-15(19)17-14-10-13(16-12(3)18)9-8-11(14)2/h4-10H,1-3H3,(H,16,18)(H,17,19)/b5-4+,7-6+. The van der Waals surface area contributed by atoms with Gasteiger partial charge in [0.25, 0.3) is 0 Å². The smallest absolute Gasteiger partial charge is 0.248 e. The Balaban J connectivity index is 2.82. The molecule has 0 aromatic heterocycles. The predicted octanol–water partition coefficient (Wildman–Crippen LogP) is 3.02. The van der Waals surface area contributed by atoms with Gasteiger partial charge in [0.15, 0.2) is 0 Å². The van der Waals surface area contributed by atoms with Gasteiger partial charge in [-0.15, -0.1) is 0 Å². The summed E-state index contributed by atoms with van der Waals surface area (Å²) in [6, 6.07) is 5.37. The van der Waals surface area contributed by atoms with Gasteiger partial charge in [-0.2, -0.15) is 0 Å². The zero-order valence-corrected chi connectivity index (χ0v) is 11.4. The lowest BCUT2D eigenvalue weighted by atomic mass is 10.1. The van der Waals surface area contributed by atoms with E-state index in [1.807, 2.05) is 26.0 Å². The van der Waals surface area contributed by atoms with Gasteiger partial charge in [0.2, 0.25) is 11.8 Å². The average molecular weight is 258 g/mol. The minimum atomic E-state index is -0.207. The SMILES string of the molecule is C/C=C/C=C/C(=O)Nc1cc(NC(C)=O)ccc1C. The molecule has 0 aliphatic heterocycles. The minimum absolute atomic E-state index is 0.144. The maximum absolute atomic E-state index is 11.7. The molecule has 0 saturated heterocycles. The highest BCUT2D eigenvalue weighted by atomic mass is 16.2. The third-order valence-electron chi connectivity index (χ3n) is 2.37. The van der Waals surface area contributed by atoms with Crippen molar-refractivity contribution >= 4 is 23.2 Å². The van der Waals surface area contributed by atoms with E-state index in [-0.39, 0.29) is 11.8 Å². The summed E-state index contributed by atoms with van der Waals surface area (Å²) in [5.74, 6) is -0.352. The molecule has 19 heavy (non-hydrogen) atoms. The van der Waals surface area contributed by atoms with Gasteiger partial charge in [-0.3, -0.25) is 9.59 Å². The normalized spacial score (nSPS) is 10.9. The van der Waals surface area contributed by atoms with Crippen LogP contribution in [0.2, 0.25) is 0 Å². The molecular formula is C15H18N2O2. The van der Waals surface area contributed by atoms with Crippen LogP contribution in [0.1, 0.15) is 19.4 Å². The van der Waals surface area contributed by atoms with Crippen molar-refractivity contribution in [1.29, 1.82) is 0 Å². The highest BCUT2D eigenvalue weighted by molar-refractivity contribution is 6.00. The van der Waals surface area contributed by atoms with E-state index in [9.17, 15) is 9.59 Å². The number of nitrogens with one attached hydrogen (secondary N) is 2. The first-order valence-corrected chi connectivity index (χ1v) is 6.01. The largest absolute Gasteiger partial charge is 0.326 e. The molecule has 0 atom stereocenters. The minimum Gasteiger partial charge on any atom is -0.326 e. The van der Waals surface area contributed by atoms with Crippen LogP contribution in [0.15, 0.2) is 42.5 Å². The predicted molar refractivity (Wildman–Crippen MR) is 78.1 cm³/mol. The Kier molecular flexibility index (Phi) is 5.54. The van der Waals surface area contributed by atoms with E-state index in [4.69, 9.17) is 0 Å². The molecule has 4 nitrogen and oxygen atoms in total. The molecule has 0 unspecified atom stereocenters. The lowest BCUT2D eigenvalue weighted by Crippen LogP contribution is -2.10. The highest BCUT2D eigenvalue weighted by Gasteiger charge is 2.04. The molecule has 2 amide bonds. The van der Waals surface area contributed by atoms with Crippen molar-refractivity contribution in [2.24, 2.45) is 0 Å². The zero-order valence-electron chi connectivity index (χ0n) is 11.4. The van der Waals surface area contributed by atoms with Gasteiger partial charge in [0.05, 0.1) is 0 Å². The van der Waals surface area contributed by atoms with Crippen molar-refractivity contribution in [1.82, 2.24) is 0 Å². The second kappa shape index (κ2) is 7.16. The van der Waals surface area contributed by atoms with Crippen LogP contribution in [0.25, 0.3) is 0 Å². The topological polar surface area (TPSA) is 58.2 Å². The number of amides is 2. The van der Waals surface area contributed by atoms with E-state index in [1.54, 1.807) is 24.3 Å². The lowest BCUT2D eigenvalue weighted by Gasteiger charge is -2.09. The fourth-order valence-corrected chi connectivity index (χ4v) is 1.47. The van der Waals surface area contributed by atoms with Gasteiger partial charge >= 0.3 is 0 Å². The molecule has 0 radical (unpaired) electrons. The second-order valence-corrected chi connectivity index (χ2v) is 4.09. The number of carbonyl (C=O) groups excluding carboxylic acids is 2. The quantitative estimate of drug-likeness (QED) is 0.644. The van der Waals surface area contributed by atoms with Crippen LogP contribution in [0, 0.1) is 6.92 Å². The molecule has 100 valence electrons. The Morgan fingerprint density at radius 3 is 2.53 bits per heavy atom. The van der Waals surface area contributed by atoms with Gasteiger partial charge < -0.3 is 10.6 Å². The monoisotopic (exact) mass is 258 g/mol. The molecule has 1 aromatic carbocycles. The molecule has 0 saturated carbocycles. The number of hydrogen-bond donors (Lipinski definition) is 2. The summed E-state index contributed by atoms with van der Waals surface area (Å²) in [7, 11) is 0. The van der Waals surface area contributed by atoms with Crippen LogP contribution >= 0.6 is 0 Å². The number of aryl methyl sites for hydroxylation is 1. The average Bonchev–Trinajstić information content (AvgIpc) is 2.33. The Hall–Kier alpha value is -2.36. The van der Waals surface area contributed by atoms with E-state index in [2.05, 4.69) is 10.6 Å². The van der Waals surface area contributed by atoms with Crippen LogP contribution in [-0.4, -0.2) is 11.8 Å². The van der Waals surface area contributed by atoms with Crippen LogP contribution in [0.5, 0.6) is 0 Å². The van der Waals surface area contributed by atoms with Crippen molar-refractivity contribution in [2.45, 2.75) is 20.8 Å². The number of hydrogen-bond acceptors (Lipinski definition) is 2. The molecule has 0 aliphatic rings. The molecule has 1 rings (SSSR count). The third kappa shape index (κ3) is 5.21. The van der Waals surface area contributed by atoms with E-state index in [1.165, 1.54) is 13.0 Å². The summed E-state index contributed by atoms with van der Waals surface area (Å²) in [5, 5.41) is 5.45. The van der Waals surface area contributed by atoms with Crippen molar-refractivity contribution in [3.8, 4) is 0 Å². The molecule has 4 heteroatoms. The van der Waals surface area contributed by atoms with Gasteiger partial charge in [-0.1, -0.05) is 24.3 Å². The molecular weight excluding hydrogens is 240 g/mol. The summed E-state index contributed by atoms with van der Waals surface area (Å²) in [6.07, 6.45) is 6.74. The van der Waals surface area contributed by atoms with Crippen molar-refractivity contribution in [2.75, 3.05) is 10.6 Å². The third-order valence-corrected chi connectivity index (χ3v) is 2.37. The van der Waals surface area contributed by atoms with Crippen LogP contribution in [-0.2, 0) is 9.59 Å². The van der Waals surface area contributed by atoms with Gasteiger partial charge in [0, 0.05) is 24.4 Å². The van der Waals surface area contributed by atoms with Crippen LogP contribution in [0.3, 0.4) is 0 Å². The lowest BCUT2D eigenvalue weighted by molar-refractivity contribution is -0.114. The molecule has 0 fully saturated rings. The Morgan fingerprint density at radius 2 is 1.89 bits per heavy atom. The van der Waals surface area contributed by atoms with E-state index in [0.717, 1.165) is 5.56 Å². The molecule has 0 aliphatic carbocycles. The van der Waals surface area contributed by atoms with Gasteiger partial charge in [0.1, 0.15) is 0 Å². The first kappa shape index (κ1) is 14.7. The number of anilines is 2. The van der Waals surface area contributed by atoms with Crippen LogP contribution in [0.4, 0.5) is 11.4 Å². The molecule has 0 spiro atoms. The van der Waals surface area contributed by atoms with E-state index >= 15 is 0 Å². The summed E-state index contributed by atoms with van der Waals surface area (Å²) < 4.78 is 0. The summed E-state index contributed by atoms with van der Waals surface area (Å²) in [6.45, 7) is 5.21. The first-order valence-electron chi connectivity index (χ1n) is 6.01. The highest BCUT2D eigenvalue weighted by Crippen LogP contribution is 2.20. The number of benzene rings is 1. The second-order valence-electron chi connectivity index (χ2n) is 4.09. The Morgan fingerprint density at radius 1 is 1.16 bits per heavy atom. The van der Waals surface area contributed by atoms with Gasteiger partial charge in [-0.25, -0.2) is 0 Å². The van der Waals surface area contributed by atoms with Gasteiger partial charge in [-0.05, 0) is 31.5 Å². The Bertz CT molecular complexity index is 531. The summed E-state index contributed by atoms with van der Waals surface area (Å²) in [4.78, 5) is 22.6. The Labute approximate surface area is 113 Å². The maximum atomic E-state index is 11.7. The fourth-order valence-electron chi connectivity index (χ4n) is 1.47. The number of allylic oxidation sites excluding steroid dienone is 3. The fraction of sp³-hybridized carbons (Fsp3) is 0.200. The van der Waals surface area contributed by atoms with Crippen molar-refractivity contribution in [3.05, 3.63) is 48.1 Å². The zero-order chi connectivity index (χ0) is 14.3. The first-order chi connectivity index (χ1) is 9.02.